The number of anilines is 1. The van der Waals surface area contributed by atoms with Crippen LogP contribution in [0.4, 0.5) is 5.69 Å². The average molecular weight is 457 g/mol. The highest BCUT2D eigenvalue weighted by Crippen LogP contribution is 2.65. The van der Waals surface area contributed by atoms with Gasteiger partial charge in [-0.15, -0.1) is 0 Å². The molecule has 34 heavy (non-hydrogen) atoms. The van der Waals surface area contributed by atoms with Crippen molar-refractivity contribution in [2.75, 3.05) is 18.7 Å². The van der Waals surface area contributed by atoms with Gasteiger partial charge in [-0.3, -0.25) is 24.2 Å². The van der Waals surface area contributed by atoms with E-state index >= 15 is 0 Å². The molecule has 0 aromatic heterocycles. The van der Waals surface area contributed by atoms with Crippen LogP contribution < -0.4 is 9.64 Å². The first kappa shape index (κ1) is 21.1. The third kappa shape index (κ3) is 2.97. The number of amides is 3. The summed E-state index contributed by atoms with van der Waals surface area (Å²) in [5.41, 5.74) is 3.00. The number of ether oxygens (including phenoxy) is 1. The van der Waals surface area contributed by atoms with Gasteiger partial charge in [-0.2, -0.15) is 0 Å². The Labute approximate surface area is 199 Å². The molecule has 2 aromatic carbocycles. The van der Waals surface area contributed by atoms with E-state index in [-0.39, 0.29) is 48.1 Å². The first-order valence-corrected chi connectivity index (χ1v) is 12.0. The predicted molar refractivity (Wildman–Crippen MR) is 127 cm³/mol. The minimum atomic E-state index is -0.280. The summed E-state index contributed by atoms with van der Waals surface area (Å²) in [4.78, 5) is 44.0. The first-order valence-electron chi connectivity index (χ1n) is 12.0. The van der Waals surface area contributed by atoms with Gasteiger partial charge in [-0.25, -0.2) is 0 Å². The van der Waals surface area contributed by atoms with Crippen LogP contribution in [0.15, 0.2) is 54.6 Å². The molecule has 7 rings (SSSR count). The Morgan fingerprint density at radius 3 is 2.15 bits per heavy atom. The van der Waals surface area contributed by atoms with E-state index in [1.54, 1.807) is 36.3 Å². The molecule has 3 fully saturated rings. The number of carbonyl (C=O) groups is 3. The smallest absolute Gasteiger partial charge is 0.259 e. The molecule has 1 aliphatic heterocycles. The summed E-state index contributed by atoms with van der Waals surface area (Å²) in [6.45, 7) is 3.81. The molecule has 5 aliphatic rings. The van der Waals surface area contributed by atoms with Crippen molar-refractivity contribution in [3.63, 3.8) is 0 Å². The fourth-order valence-electron chi connectivity index (χ4n) is 6.68. The van der Waals surface area contributed by atoms with Crippen molar-refractivity contribution in [3.05, 3.63) is 71.3 Å². The Balaban J connectivity index is 1.38. The number of benzene rings is 2. The number of allylic oxidation sites excluding steroid dienone is 2. The van der Waals surface area contributed by atoms with Crippen LogP contribution in [0.1, 0.15) is 27.9 Å². The number of aryl methyl sites for hydroxylation is 2. The van der Waals surface area contributed by atoms with Crippen LogP contribution in [0.25, 0.3) is 0 Å². The monoisotopic (exact) mass is 456 g/mol. The number of hydrogen-bond donors (Lipinski definition) is 0. The molecule has 174 valence electrons. The van der Waals surface area contributed by atoms with Crippen LogP contribution in [0.5, 0.6) is 5.75 Å². The normalized spacial score (nSPS) is 30.3. The summed E-state index contributed by atoms with van der Waals surface area (Å²) in [6, 6.07) is 12.8. The van der Waals surface area contributed by atoms with Crippen molar-refractivity contribution in [2.24, 2.45) is 35.5 Å². The van der Waals surface area contributed by atoms with E-state index in [4.69, 9.17) is 4.74 Å². The molecule has 6 unspecified atom stereocenters. The van der Waals surface area contributed by atoms with Gasteiger partial charge in [0.25, 0.3) is 5.91 Å². The highest BCUT2D eigenvalue weighted by molar-refractivity contribution is 6.10. The number of hydrogen-bond acceptors (Lipinski definition) is 4. The summed E-state index contributed by atoms with van der Waals surface area (Å²) < 4.78 is 5.32. The van der Waals surface area contributed by atoms with Crippen LogP contribution in [-0.2, 0) is 9.59 Å². The Morgan fingerprint density at radius 1 is 0.971 bits per heavy atom. The summed E-state index contributed by atoms with van der Waals surface area (Å²) in [7, 11) is 1.56. The van der Waals surface area contributed by atoms with Gasteiger partial charge >= 0.3 is 0 Å². The van der Waals surface area contributed by atoms with Crippen molar-refractivity contribution in [3.8, 4) is 5.75 Å². The van der Waals surface area contributed by atoms with Gasteiger partial charge in [0.15, 0.2) is 0 Å². The van der Waals surface area contributed by atoms with Gasteiger partial charge in [0.2, 0.25) is 11.8 Å². The lowest BCUT2D eigenvalue weighted by atomic mass is 9.63. The molecule has 6 heteroatoms. The SMILES string of the molecule is COc1cccc(C(=O)N(CN2C(=O)C3C4C=CC(C5CC45)C3C2=O)c2c(C)cccc2C)c1. The third-order valence-electron chi connectivity index (χ3n) is 8.31. The maximum atomic E-state index is 13.8. The van der Waals surface area contributed by atoms with Crippen molar-refractivity contribution >= 4 is 23.4 Å². The molecular formula is C28H28N2O4. The van der Waals surface area contributed by atoms with Crippen LogP contribution in [0, 0.1) is 49.4 Å². The lowest BCUT2D eigenvalue weighted by Crippen LogP contribution is -2.45. The van der Waals surface area contributed by atoms with Crippen molar-refractivity contribution in [1.82, 2.24) is 4.90 Å². The maximum absolute atomic E-state index is 13.8. The second-order valence-electron chi connectivity index (χ2n) is 10.1. The van der Waals surface area contributed by atoms with E-state index in [9.17, 15) is 14.4 Å². The zero-order valence-electron chi connectivity index (χ0n) is 19.6. The second kappa shape index (κ2) is 7.55. The van der Waals surface area contributed by atoms with E-state index in [0.717, 1.165) is 23.2 Å². The zero-order valence-corrected chi connectivity index (χ0v) is 19.6. The Bertz CT molecular complexity index is 1190. The molecule has 4 aliphatic carbocycles. The molecule has 1 saturated heterocycles. The topological polar surface area (TPSA) is 66.9 Å². The summed E-state index contributed by atoms with van der Waals surface area (Å²) in [5.74, 6) is 0.888. The summed E-state index contributed by atoms with van der Waals surface area (Å²) in [5, 5.41) is 0. The van der Waals surface area contributed by atoms with Crippen molar-refractivity contribution in [1.29, 1.82) is 0 Å². The largest absolute Gasteiger partial charge is 0.497 e. The fraction of sp³-hybridized carbons (Fsp3) is 0.393. The van der Waals surface area contributed by atoms with Gasteiger partial charge in [0.05, 0.1) is 24.6 Å². The fourth-order valence-corrected chi connectivity index (χ4v) is 6.68. The Morgan fingerprint density at radius 2 is 1.56 bits per heavy atom. The van der Waals surface area contributed by atoms with Gasteiger partial charge < -0.3 is 4.74 Å². The highest BCUT2D eigenvalue weighted by Gasteiger charge is 2.67. The van der Waals surface area contributed by atoms with Crippen LogP contribution in [-0.4, -0.2) is 36.4 Å². The summed E-state index contributed by atoms with van der Waals surface area (Å²) in [6.07, 6.45) is 5.46. The highest BCUT2D eigenvalue weighted by atomic mass is 16.5. The molecule has 0 radical (unpaired) electrons. The molecular weight excluding hydrogens is 428 g/mol. The van der Waals surface area contributed by atoms with Gasteiger partial charge in [0, 0.05) is 5.56 Å². The number of methoxy groups -OCH3 is 1. The van der Waals surface area contributed by atoms with Crippen molar-refractivity contribution < 1.29 is 19.1 Å². The number of rotatable bonds is 5. The quantitative estimate of drug-likeness (QED) is 0.504. The lowest BCUT2D eigenvalue weighted by molar-refractivity contribution is -0.140. The predicted octanol–water partition coefficient (Wildman–Crippen LogP) is 3.97. The lowest BCUT2D eigenvalue weighted by Gasteiger charge is -2.37. The number of imide groups is 1. The average Bonchev–Trinajstić information content (AvgIpc) is 3.63. The van der Waals surface area contributed by atoms with Gasteiger partial charge in [-0.1, -0.05) is 36.4 Å². The van der Waals surface area contributed by atoms with E-state index < -0.39 is 0 Å². The Hall–Kier alpha value is -3.41. The number of para-hydroxylation sites is 1. The molecule has 2 saturated carbocycles. The molecule has 1 heterocycles. The molecule has 6 nitrogen and oxygen atoms in total. The maximum Gasteiger partial charge on any atom is 0.259 e. The van der Waals surface area contributed by atoms with E-state index in [1.165, 1.54) is 4.90 Å². The minimum Gasteiger partial charge on any atom is -0.497 e. The molecule has 2 aromatic rings. The second-order valence-corrected chi connectivity index (χ2v) is 10.1. The Kier molecular flexibility index (Phi) is 4.70. The standard InChI is InChI=1S/C28H28N2O4/c1-15-6-4-7-16(2)25(15)29(26(31)17-8-5-9-18(12-17)34-3)14-30-27(32)23-19-10-11-20(22-13-21(19)22)24(23)28(30)33/h4-12,19-24H,13-14H2,1-3H3. The number of nitrogens with zero attached hydrogens (tertiary/aromatic N) is 2. The van der Waals surface area contributed by atoms with Gasteiger partial charge in [0.1, 0.15) is 12.4 Å². The van der Waals surface area contributed by atoms with Crippen LogP contribution in [0.3, 0.4) is 0 Å². The minimum absolute atomic E-state index is 0.0822. The van der Waals surface area contributed by atoms with Gasteiger partial charge in [-0.05, 0) is 73.3 Å². The molecule has 0 N–H and O–H groups in total. The molecule has 3 amide bonds. The number of likely N-dealkylation sites (tertiary alicyclic amines) is 1. The molecule has 6 atom stereocenters. The van der Waals surface area contributed by atoms with Crippen LogP contribution >= 0.6 is 0 Å². The third-order valence-corrected chi connectivity index (χ3v) is 8.31. The van der Waals surface area contributed by atoms with Crippen molar-refractivity contribution in [2.45, 2.75) is 20.3 Å². The first-order chi connectivity index (χ1) is 16.4. The van der Waals surface area contributed by atoms with E-state index in [0.29, 0.717) is 23.1 Å². The van der Waals surface area contributed by atoms with Crippen LogP contribution in [0.2, 0.25) is 0 Å². The zero-order chi connectivity index (χ0) is 23.7. The van der Waals surface area contributed by atoms with E-state index in [1.807, 2.05) is 32.0 Å². The van der Waals surface area contributed by atoms with E-state index in [2.05, 4.69) is 12.2 Å². The summed E-state index contributed by atoms with van der Waals surface area (Å²) >= 11 is 0. The molecule has 0 spiro atoms. The number of carbonyl (C=O) groups excluding carboxylic acids is 3. The molecule has 2 bridgehead atoms.